The van der Waals surface area contributed by atoms with Crippen molar-refractivity contribution in [2.45, 2.75) is 13.3 Å². The summed E-state index contributed by atoms with van der Waals surface area (Å²) in [5.74, 6) is 2.24. The molecule has 0 spiro atoms. The number of hydrogen-bond donors (Lipinski definition) is 1. The van der Waals surface area contributed by atoms with Crippen molar-refractivity contribution >= 4 is 5.91 Å². The minimum absolute atomic E-state index is 0.0156. The number of carbonyl (C=O) groups excluding carboxylic acids is 1. The molecule has 0 radical (unpaired) electrons. The van der Waals surface area contributed by atoms with Crippen LogP contribution in [0, 0.1) is 6.92 Å². The molecule has 140 valence electrons. The average Bonchev–Trinajstić information content (AvgIpc) is 2.66. The highest BCUT2D eigenvalue weighted by atomic mass is 16.5. The van der Waals surface area contributed by atoms with Crippen LogP contribution >= 0.6 is 0 Å². The first-order valence-electron chi connectivity index (χ1n) is 8.32. The molecule has 0 aromatic heterocycles. The summed E-state index contributed by atoms with van der Waals surface area (Å²) >= 11 is 0. The van der Waals surface area contributed by atoms with E-state index in [1.165, 1.54) is 0 Å². The highest BCUT2D eigenvalue weighted by molar-refractivity contribution is 5.77. The molecule has 0 aliphatic carbocycles. The molecule has 0 bridgehead atoms. The lowest BCUT2D eigenvalue weighted by atomic mass is 10.1. The third-order valence-corrected chi connectivity index (χ3v) is 3.85. The van der Waals surface area contributed by atoms with E-state index in [1.54, 1.807) is 21.3 Å². The second-order valence-electron chi connectivity index (χ2n) is 5.74. The van der Waals surface area contributed by atoms with Gasteiger partial charge in [0.15, 0.2) is 18.1 Å². The molecule has 2 aromatic carbocycles. The second-order valence-corrected chi connectivity index (χ2v) is 5.74. The summed E-state index contributed by atoms with van der Waals surface area (Å²) in [6, 6.07) is 11.3. The van der Waals surface area contributed by atoms with Crippen LogP contribution in [-0.4, -0.2) is 40.4 Å². The van der Waals surface area contributed by atoms with Crippen LogP contribution in [0.3, 0.4) is 0 Å². The Balaban J connectivity index is 1.84. The van der Waals surface area contributed by atoms with E-state index in [1.807, 2.05) is 43.3 Å². The maximum Gasteiger partial charge on any atom is 0.257 e. The Morgan fingerprint density at radius 2 is 1.58 bits per heavy atom. The fourth-order valence-electron chi connectivity index (χ4n) is 2.46. The van der Waals surface area contributed by atoms with Gasteiger partial charge in [0.1, 0.15) is 5.75 Å². The molecule has 26 heavy (non-hydrogen) atoms. The lowest BCUT2D eigenvalue weighted by Gasteiger charge is -2.14. The molecule has 0 heterocycles. The molecule has 0 fully saturated rings. The number of methoxy groups -OCH3 is 3. The van der Waals surface area contributed by atoms with Crippen molar-refractivity contribution in [1.29, 1.82) is 0 Å². The summed E-state index contributed by atoms with van der Waals surface area (Å²) in [7, 11) is 4.71. The van der Waals surface area contributed by atoms with Gasteiger partial charge in [-0.05, 0) is 43.2 Å². The van der Waals surface area contributed by atoms with Gasteiger partial charge in [0.25, 0.3) is 5.91 Å². The van der Waals surface area contributed by atoms with Crippen LogP contribution in [0.2, 0.25) is 0 Å². The molecule has 6 heteroatoms. The van der Waals surface area contributed by atoms with E-state index in [-0.39, 0.29) is 12.5 Å². The van der Waals surface area contributed by atoms with Crippen LogP contribution in [0.1, 0.15) is 11.1 Å². The van der Waals surface area contributed by atoms with E-state index in [0.717, 1.165) is 11.1 Å². The number of aryl methyl sites for hydroxylation is 1. The van der Waals surface area contributed by atoms with Gasteiger partial charge < -0.3 is 24.3 Å². The van der Waals surface area contributed by atoms with Crippen molar-refractivity contribution < 1.29 is 23.7 Å². The zero-order valence-electron chi connectivity index (χ0n) is 15.6. The largest absolute Gasteiger partial charge is 0.493 e. The van der Waals surface area contributed by atoms with Crippen molar-refractivity contribution in [2.75, 3.05) is 34.5 Å². The Bertz CT molecular complexity index is 702. The molecule has 0 saturated heterocycles. The summed E-state index contributed by atoms with van der Waals surface area (Å²) in [5, 5.41) is 2.84. The molecule has 0 aliphatic rings. The number of benzene rings is 2. The smallest absolute Gasteiger partial charge is 0.257 e. The second kappa shape index (κ2) is 9.56. The van der Waals surface area contributed by atoms with Crippen molar-refractivity contribution in [3.8, 4) is 23.0 Å². The van der Waals surface area contributed by atoms with Gasteiger partial charge in [0.2, 0.25) is 5.75 Å². The summed E-state index contributed by atoms with van der Waals surface area (Å²) in [4.78, 5) is 11.9. The normalized spacial score (nSPS) is 10.2. The van der Waals surface area contributed by atoms with Gasteiger partial charge in [0.05, 0.1) is 21.3 Å². The van der Waals surface area contributed by atoms with Gasteiger partial charge in [-0.25, -0.2) is 0 Å². The van der Waals surface area contributed by atoms with Crippen LogP contribution in [0.15, 0.2) is 36.4 Å². The molecule has 1 amide bonds. The Labute approximate surface area is 154 Å². The number of nitrogens with one attached hydrogen (secondary N) is 1. The van der Waals surface area contributed by atoms with Crippen LogP contribution in [0.25, 0.3) is 0 Å². The number of hydrogen-bond acceptors (Lipinski definition) is 5. The number of ether oxygens (including phenoxy) is 4. The minimum Gasteiger partial charge on any atom is -0.493 e. The average molecular weight is 359 g/mol. The molecule has 6 nitrogen and oxygen atoms in total. The lowest BCUT2D eigenvalue weighted by Crippen LogP contribution is -2.30. The van der Waals surface area contributed by atoms with E-state index in [2.05, 4.69) is 5.32 Å². The van der Waals surface area contributed by atoms with Crippen molar-refractivity contribution in [3.05, 3.63) is 47.5 Å². The number of carbonyl (C=O) groups is 1. The van der Waals surface area contributed by atoms with Gasteiger partial charge in [-0.1, -0.05) is 17.7 Å². The predicted molar refractivity (Wildman–Crippen MR) is 99.5 cm³/mol. The van der Waals surface area contributed by atoms with Crippen molar-refractivity contribution in [1.82, 2.24) is 5.32 Å². The van der Waals surface area contributed by atoms with Crippen LogP contribution in [-0.2, 0) is 11.2 Å². The quantitative estimate of drug-likeness (QED) is 0.746. The van der Waals surface area contributed by atoms with Crippen LogP contribution in [0.4, 0.5) is 0 Å². The van der Waals surface area contributed by atoms with Crippen LogP contribution in [0.5, 0.6) is 23.0 Å². The Morgan fingerprint density at radius 1 is 0.962 bits per heavy atom. The predicted octanol–water partition coefficient (Wildman–Crippen LogP) is 2.76. The van der Waals surface area contributed by atoms with Gasteiger partial charge in [0, 0.05) is 6.54 Å². The number of amides is 1. The maximum absolute atomic E-state index is 11.9. The van der Waals surface area contributed by atoms with Gasteiger partial charge >= 0.3 is 0 Å². The molecule has 0 aliphatic heterocycles. The molecule has 0 unspecified atom stereocenters. The van der Waals surface area contributed by atoms with E-state index in [0.29, 0.717) is 36.0 Å². The monoisotopic (exact) mass is 359 g/mol. The third kappa shape index (κ3) is 5.31. The summed E-state index contributed by atoms with van der Waals surface area (Å²) < 4.78 is 21.4. The summed E-state index contributed by atoms with van der Waals surface area (Å²) in [6.07, 6.45) is 0.632. The molecule has 1 N–H and O–H groups in total. The SMILES string of the molecule is COc1cc(CCNC(=O)COc2ccc(C)cc2)cc(OC)c1OC. The van der Waals surface area contributed by atoms with Gasteiger partial charge in [-0.15, -0.1) is 0 Å². The maximum atomic E-state index is 11.9. The molecular formula is C20H25NO5. The van der Waals surface area contributed by atoms with E-state index in [9.17, 15) is 4.79 Å². The first-order chi connectivity index (χ1) is 12.6. The van der Waals surface area contributed by atoms with E-state index in [4.69, 9.17) is 18.9 Å². The first-order valence-corrected chi connectivity index (χ1v) is 8.32. The van der Waals surface area contributed by atoms with E-state index >= 15 is 0 Å². The molecule has 0 saturated carbocycles. The van der Waals surface area contributed by atoms with Gasteiger partial charge in [-0.2, -0.15) is 0 Å². The zero-order valence-corrected chi connectivity index (χ0v) is 15.6. The van der Waals surface area contributed by atoms with E-state index < -0.39 is 0 Å². The lowest BCUT2D eigenvalue weighted by molar-refractivity contribution is -0.123. The van der Waals surface area contributed by atoms with Gasteiger partial charge in [-0.3, -0.25) is 4.79 Å². The number of rotatable bonds is 9. The highest BCUT2D eigenvalue weighted by Crippen LogP contribution is 2.38. The van der Waals surface area contributed by atoms with Crippen LogP contribution < -0.4 is 24.3 Å². The zero-order chi connectivity index (χ0) is 18.9. The fraction of sp³-hybridized carbons (Fsp3) is 0.350. The Hall–Kier alpha value is -2.89. The summed E-state index contributed by atoms with van der Waals surface area (Å²) in [5.41, 5.74) is 2.12. The third-order valence-electron chi connectivity index (χ3n) is 3.85. The van der Waals surface area contributed by atoms with Crippen molar-refractivity contribution in [3.63, 3.8) is 0 Å². The van der Waals surface area contributed by atoms with Crippen molar-refractivity contribution in [2.24, 2.45) is 0 Å². The first kappa shape index (κ1) is 19.4. The fourth-order valence-corrected chi connectivity index (χ4v) is 2.46. The molecule has 0 atom stereocenters. The summed E-state index contributed by atoms with van der Waals surface area (Å²) in [6.45, 7) is 2.46. The molecular weight excluding hydrogens is 334 g/mol. The standard InChI is InChI=1S/C20H25NO5/c1-14-5-7-16(8-6-14)26-13-19(22)21-10-9-15-11-17(23-2)20(25-4)18(12-15)24-3/h5-8,11-12H,9-10,13H2,1-4H3,(H,21,22). The Kier molecular flexibility index (Phi) is 7.14. The Morgan fingerprint density at radius 3 is 2.12 bits per heavy atom. The molecule has 2 rings (SSSR count). The molecule has 2 aromatic rings. The highest BCUT2D eigenvalue weighted by Gasteiger charge is 2.13. The topological polar surface area (TPSA) is 66.0 Å². The minimum atomic E-state index is -0.169.